The molecule has 2 N–H and O–H groups in total. The fourth-order valence-electron chi connectivity index (χ4n) is 2.86. The maximum absolute atomic E-state index is 6.40. The number of para-hydroxylation sites is 1. The average molecular weight is 259 g/mol. The molecule has 0 saturated carbocycles. The van der Waals surface area contributed by atoms with Crippen LogP contribution >= 0.6 is 0 Å². The summed E-state index contributed by atoms with van der Waals surface area (Å²) in [5.74, 6) is 1.49. The molecule has 0 bridgehead atoms. The van der Waals surface area contributed by atoms with Crippen LogP contribution in [0.2, 0.25) is 0 Å². The van der Waals surface area contributed by atoms with Crippen LogP contribution in [0.25, 0.3) is 0 Å². The molecule has 104 valence electrons. The quantitative estimate of drug-likeness (QED) is 0.593. The lowest BCUT2D eigenvalue weighted by atomic mass is 9.84. The molecule has 0 aliphatic carbocycles. The molecule has 2 unspecified atom stereocenters. The highest BCUT2D eigenvalue weighted by Gasteiger charge is 2.25. The predicted molar refractivity (Wildman–Crippen MR) is 80.6 cm³/mol. The zero-order chi connectivity index (χ0) is 13.5. The number of rotatable bonds is 7. The second kappa shape index (κ2) is 7.34. The van der Waals surface area contributed by atoms with Crippen molar-refractivity contribution < 1.29 is 4.74 Å². The summed E-state index contributed by atoms with van der Waals surface area (Å²) in [4.78, 5) is 0. The molecule has 1 aliphatic heterocycles. The topological polar surface area (TPSA) is 35.2 Å². The molecule has 2 heteroatoms. The van der Waals surface area contributed by atoms with Gasteiger partial charge in [-0.3, -0.25) is 0 Å². The molecule has 0 fully saturated rings. The molecule has 2 nitrogen and oxygen atoms in total. The van der Waals surface area contributed by atoms with Crippen molar-refractivity contribution in [1.82, 2.24) is 0 Å². The Balaban J connectivity index is 1.86. The Kier molecular flexibility index (Phi) is 5.46. The average Bonchev–Trinajstić information content (AvgIpc) is 2.46. The SMILES string of the molecule is C=CCCCCCC(N)C1CCOc2ccccc21. The van der Waals surface area contributed by atoms with Crippen LogP contribution < -0.4 is 10.5 Å². The van der Waals surface area contributed by atoms with Crippen molar-refractivity contribution in [3.8, 4) is 5.75 Å². The molecule has 1 aliphatic rings. The van der Waals surface area contributed by atoms with Crippen LogP contribution in [0.3, 0.4) is 0 Å². The largest absolute Gasteiger partial charge is 0.493 e. The van der Waals surface area contributed by atoms with Crippen LogP contribution in [0.15, 0.2) is 36.9 Å². The van der Waals surface area contributed by atoms with E-state index < -0.39 is 0 Å². The molecule has 1 heterocycles. The second-order valence-electron chi connectivity index (χ2n) is 5.37. The van der Waals surface area contributed by atoms with E-state index in [-0.39, 0.29) is 6.04 Å². The van der Waals surface area contributed by atoms with Crippen LogP contribution in [0, 0.1) is 0 Å². The summed E-state index contributed by atoms with van der Waals surface area (Å²) in [5, 5.41) is 0. The summed E-state index contributed by atoms with van der Waals surface area (Å²) in [6, 6.07) is 8.59. The van der Waals surface area contributed by atoms with Gasteiger partial charge in [-0.1, -0.05) is 37.1 Å². The first kappa shape index (κ1) is 14.1. The number of fused-ring (bicyclic) bond motifs is 1. The standard InChI is InChI=1S/C17H25NO/c1-2-3-4-5-6-10-16(18)14-12-13-19-17-11-8-7-9-15(14)17/h2,7-9,11,14,16H,1,3-6,10,12-13,18H2. The first-order chi connectivity index (χ1) is 9.33. The fourth-order valence-corrected chi connectivity index (χ4v) is 2.86. The smallest absolute Gasteiger partial charge is 0.122 e. The van der Waals surface area contributed by atoms with E-state index in [1.807, 2.05) is 12.1 Å². The van der Waals surface area contributed by atoms with E-state index in [0.29, 0.717) is 5.92 Å². The first-order valence-corrected chi connectivity index (χ1v) is 7.41. The van der Waals surface area contributed by atoms with E-state index in [2.05, 4.69) is 24.8 Å². The number of allylic oxidation sites excluding steroid dienone is 1. The Morgan fingerprint density at radius 1 is 1.32 bits per heavy atom. The molecule has 19 heavy (non-hydrogen) atoms. The Bertz CT molecular complexity index is 402. The Hall–Kier alpha value is -1.28. The van der Waals surface area contributed by atoms with Gasteiger partial charge < -0.3 is 10.5 Å². The molecular weight excluding hydrogens is 234 g/mol. The third kappa shape index (κ3) is 3.84. The van der Waals surface area contributed by atoms with Gasteiger partial charge in [0.15, 0.2) is 0 Å². The minimum atomic E-state index is 0.258. The van der Waals surface area contributed by atoms with Gasteiger partial charge in [0.05, 0.1) is 6.61 Å². The summed E-state index contributed by atoms with van der Waals surface area (Å²) in [6.45, 7) is 4.55. The van der Waals surface area contributed by atoms with Crippen molar-refractivity contribution in [2.24, 2.45) is 5.73 Å². The third-order valence-corrected chi connectivity index (χ3v) is 3.97. The molecule has 2 rings (SSSR count). The van der Waals surface area contributed by atoms with E-state index in [9.17, 15) is 0 Å². The Morgan fingerprint density at radius 2 is 2.16 bits per heavy atom. The van der Waals surface area contributed by atoms with E-state index in [4.69, 9.17) is 10.5 Å². The van der Waals surface area contributed by atoms with Gasteiger partial charge in [-0.25, -0.2) is 0 Å². The number of benzene rings is 1. The van der Waals surface area contributed by atoms with E-state index >= 15 is 0 Å². The molecule has 0 radical (unpaired) electrons. The monoisotopic (exact) mass is 259 g/mol. The van der Waals surface area contributed by atoms with Crippen molar-refractivity contribution in [3.63, 3.8) is 0 Å². The van der Waals surface area contributed by atoms with Gasteiger partial charge >= 0.3 is 0 Å². The molecule has 1 aromatic carbocycles. The van der Waals surface area contributed by atoms with E-state index in [1.165, 1.54) is 24.8 Å². The van der Waals surface area contributed by atoms with E-state index in [0.717, 1.165) is 31.6 Å². The molecule has 2 atom stereocenters. The first-order valence-electron chi connectivity index (χ1n) is 7.41. The van der Waals surface area contributed by atoms with Crippen LogP contribution in [-0.2, 0) is 0 Å². The zero-order valence-corrected chi connectivity index (χ0v) is 11.7. The normalized spacial score (nSPS) is 19.3. The minimum Gasteiger partial charge on any atom is -0.493 e. The van der Waals surface area contributed by atoms with Gasteiger partial charge in [0.25, 0.3) is 0 Å². The minimum absolute atomic E-state index is 0.258. The Morgan fingerprint density at radius 3 is 3.00 bits per heavy atom. The molecule has 1 aromatic rings. The van der Waals surface area contributed by atoms with Gasteiger partial charge in [-0.15, -0.1) is 6.58 Å². The lowest BCUT2D eigenvalue weighted by Gasteiger charge is -2.30. The van der Waals surface area contributed by atoms with Gasteiger partial charge in [-0.05, 0) is 37.3 Å². The van der Waals surface area contributed by atoms with Crippen molar-refractivity contribution in [2.75, 3.05) is 6.61 Å². The highest BCUT2D eigenvalue weighted by molar-refractivity contribution is 5.38. The highest BCUT2D eigenvalue weighted by Crippen LogP contribution is 2.36. The number of hydrogen-bond donors (Lipinski definition) is 1. The molecule has 0 spiro atoms. The molecule has 0 amide bonds. The summed E-state index contributed by atoms with van der Waals surface area (Å²) >= 11 is 0. The summed E-state index contributed by atoms with van der Waals surface area (Å²) < 4.78 is 5.69. The molecule has 0 aromatic heterocycles. The maximum Gasteiger partial charge on any atom is 0.122 e. The second-order valence-corrected chi connectivity index (χ2v) is 5.37. The highest BCUT2D eigenvalue weighted by atomic mass is 16.5. The molecule has 0 saturated heterocycles. The van der Waals surface area contributed by atoms with Crippen molar-refractivity contribution in [2.45, 2.75) is 50.5 Å². The van der Waals surface area contributed by atoms with Gasteiger partial charge in [0.1, 0.15) is 5.75 Å². The van der Waals surface area contributed by atoms with Crippen LogP contribution in [0.4, 0.5) is 0 Å². The fraction of sp³-hybridized carbons (Fsp3) is 0.529. The summed E-state index contributed by atoms with van der Waals surface area (Å²) in [6.07, 6.45) is 8.98. The maximum atomic E-state index is 6.40. The van der Waals surface area contributed by atoms with Gasteiger partial charge in [0.2, 0.25) is 0 Å². The number of hydrogen-bond acceptors (Lipinski definition) is 2. The van der Waals surface area contributed by atoms with Crippen LogP contribution in [0.5, 0.6) is 5.75 Å². The Labute approximate surface area is 116 Å². The molecular formula is C17H25NO. The summed E-state index contributed by atoms with van der Waals surface area (Å²) in [5.41, 5.74) is 7.70. The van der Waals surface area contributed by atoms with Crippen LogP contribution in [0.1, 0.15) is 50.0 Å². The lowest BCUT2D eigenvalue weighted by molar-refractivity contribution is 0.251. The van der Waals surface area contributed by atoms with Crippen molar-refractivity contribution in [3.05, 3.63) is 42.5 Å². The predicted octanol–water partition coefficient (Wildman–Crippen LogP) is 4.02. The lowest BCUT2D eigenvalue weighted by Crippen LogP contribution is -2.32. The number of ether oxygens (including phenoxy) is 1. The number of unbranched alkanes of at least 4 members (excludes halogenated alkanes) is 3. The van der Waals surface area contributed by atoms with Crippen molar-refractivity contribution in [1.29, 1.82) is 0 Å². The van der Waals surface area contributed by atoms with Gasteiger partial charge in [-0.2, -0.15) is 0 Å². The zero-order valence-electron chi connectivity index (χ0n) is 11.7. The van der Waals surface area contributed by atoms with Gasteiger partial charge in [0, 0.05) is 12.0 Å². The third-order valence-electron chi connectivity index (χ3n) is 3.97. The van der Waals surface area contributed by atoms with Crippen LogP contribution in [-0.4, -0.2) is 12.6 Å². The summed E-state index contributed by atoms with van der Waals surface area (Å²) in [7, 11) is 0. The number of nitrogens with two attached hydrogens (primary N) is 1. The van der Waals surface area contributed by atoms with E-state index in [1.54, 1.807) is 0 Å². The van der Waals surface area contributed by atoms with Crippen molar-refractivity contribution >= 4 is 0 Å².